The van der Waals surface area contributed by atoms with Gasteiger partial charge < -0.3 is 14.8 Å². The quantitative estimate of drug-likeness (QED) is 0.668. The van der Waals surface area contributed by atoms with E-state index in [9.17, 15) is 9.59 Å². The Morgan fingerprint density at radius 1 is 1.08 bits per heavy atom. The van der Waals surface area contributed by atoms with Crippen LogP contribution in [-0.4, -0.2) is 45.8 Å². The molecule has 0 bridgehead atoms. The molecule has 1 amide bonds. The van der Waals surface area contributed by atoms with Crippen LogP contribution in [0, 0.1) is 0 Å². The number of amides is 1. The van der Waals surface area contributed by atoms with Crippen molar-refractivity contribution in [2.75, 3.05) is 19.0 Å². The fraction of sp³-hybridized carbons (Fsp3) is 0.118. The Bertz CT molecular complexity index is 877. The topological polar surface area (TPSA) is 108 Å². The highest BCUT2D eigenvalue weighted by atomic mass is 16.5. The van der Waals surface area contributed by atoms with Gasteiger partial charge in [-0.15, -0.1) is 5.10 Å². The number of methoxy groups -OCH3 is 1. The van der Waals surface area contributed by atoms with Gasteiger partial charge in [-0.1, -0.05) is 0 Å². The molecule has 0 aliphatic carbocycles. The molecule has 0 saturated carbocycles. The van der Waals surface area contributed by atoms with Gasteiger partial charge in [0.05, 0.1) is 18.4 Å². The fourth-order valence-electron chi connectivity index (χ4n) is 2.12. The van der Waals surface area contributed by atoms with Gasteiger partial charge in [-0.05, 0) is 59.0 Å². The maximum atomic E-state index is 12.0. The van der Waals surface area contributed by atoms with Crippen LogP contribution in [0.4, 0.5) is 5.69 Å². The number of benzene rings is 2. The smallest absolute Gasteiger partial charge is 0.338 e. The van der Waals surface area contributed by atoms with E-state index in [-0.39, 0.29) is 6.61 Å². The van der Waals surface area contributed by atoms with Crippen LogP contribution < -0.4 is 10.1 Å². The number of hydrogen-bond donors (Lipinski definition) is 1. The molecule has 0 unspecified atom stereocenters. The molecule has 132 valence electrons. The lowest BCUT2D eigenvalue weighted by Gasteiger charge is -2.08. The van der Waals surface area contributed by atoms with Crippen molar-refractivity contribution in [3.63, 3.8) is 0 Å². The number of rotatable bonds is 6. The number of carbonyl (C=O) groups excluding carboxylic acids is 2. The third-order valence-electron chi connectivity index (χ3n) is 3.42. The van der Waals surface area contributed by atoms with Gasteiger partial charge in [-0.3, -0.25) is 4.79 Å². The average Bonchev–Trinajstić information content (AvgIpc) is 3.21. The zero-order chi connectivity index (χ0) is 18.4. The van der Waals surface area contributed by atoms with Gasteiger partial charge in [0.15, 0.2) is 6.61 Å². The molecule has 1 N–H and O–H groups in total. The van der Waals surface area contributed by atoms with E-state index in [1.807, 2.05) is 0 Å². The molecule has 1 heterocycles. The predicted molar refractivity (Wildman–Crippen MR) is 91.1 cm³/mol. The third kappa shape index (κ3) is 4.20. The Hall–Kier alpha value is -3.75. The first kappa shape index (κ1) is 17.1. The fourth-order valence-corrected chi connectivity index (χ4v) is 2.12. The zero-order valence-corrected chi connectivity index (χ0v) is 13.8. The lowest BCUT2D eigenvalue weighted by Crippen LogP contribution is -2.20. The Balaban J connectivity index is 1.52. The van der Waals surface area contributed by atoms with Crippen LogP contribution >= 0.6 is 0 Å². The molecule has 0 atom stereocenters. The second kappa shape index (κ2) is 7.88. The van der Waals surface area contributed by atoms with Gasteiger partial charge in [0.25, 0.3) is 5.91 Å². The number of nitrogens with zero attached hydrogens (tertiary/aromatic N) is 4. The molecule has 0 fully saturated rings. The molecule has 0 spiro atoms. The van der Waals surface area contributed by atoms with E-state index in [4.69, 9.17) is 9.47 Å². The van der Waals surface area contributed by atoms with Gasteiger partial charge in [-0.25, -0.2) is 9.48 Å². The van der Waals surface area contributed by atoms with E-state index >= 15 is 0 Å². The second-order valence-electron chi connectivity index (χ2n) is 5.15. The molecule has 0 radical (unpaired) electrons. The first-order chi connectivity index (χ1) is 12.7. The molecule has 1 aromatic heterocycles. The monoisotopic (exact) mass is 353 g/mol. The van der Waals surface area contributed by atoms with Crippen LogP contribution in [0.3, 0.4) is 0 Å². The van der Waals surface area contributed by atoms with Gasteiger partial charge >= 0.3 is 5.97 Å². The first-order valence-corrected chi connectivity index (χ1v) is 7.60. The highest BCUT2D eigenvalue weighted by molar-refractivity contribution is 5.95. The molecular weight excluding hydrogens is 338 g/mol. The molecule has 0 aliphatic heterocycles. The summed E-state index contributed by atoms with van der Waals surface area (Å²) in [6.07, 6.45) is 1.44. The summed E-state index contributed by atoms with van der Waals surface area (Å²) in [5, 5.41) is 13.5. The summed E-state index contributed by atoms with van der Waals surface area (Å²) in [4.78, 5) is 23.9. The van der Waals surface area contributed by atoms with E-state index in [0.29, 0.717) is 22.7 Å². The summed E-state index contributed by atoms with van der Waals surface area (Å²) in [5.74, 6) is -0.355. The summed E-state index contributed by atoms with van der Waals surface area (Å²) in [6, 6.07) is 13.3. The van der Waals surface area contributed by atoms with Crippen molar-refractivity contribution in [1.29, 1.82) is 0 Å². The van der Waals surface area contributed by atoms with E-state index < -0.39 is 11.9 Å². The summed E-state index contributed by atoms with van der Waals surface area (Å²) in [5.41, 5.74) is 1.60. The lowest BCUT2D eigenvalue weighted by molar-refractivity contribution is -0.119. The summed E-state index contributed by atoms with van der Waals surface area (Å²) < 4.78 is 11.5. The Labute approximate surface area is 148 Å². The molecule has 0 aliphatic rings. The van der Waals surface area contributed by atoms with Crippen molar-refractivity contribution >= 4 is 17.6 Å². The largest absolute Gasteiger partial charge is 0.497 e. The zero-order valence-electron chi connectivity index (χ0n) is 13.8. The van der Waals surface area contributed by atoms with Crippen molar-refractivity contribution < 1.29 is 19.1 Å². The number of aromatic nitrogens is 4. The molecule has 0 saturated heterocycles. The first-order valence-electron chi connectivity index (χ1n) is 7.60. The van der Waals surface area contributed by atoms with Crippen molar-refractivity contribution in [2.45, 2.75) is 0 Å². The number of anilines is 1. The Morgan fingerprint density at radius 3 is 2.42 bits per heavy atom. The number of carbonyl (C=O) groups is 2. The van der Waals surface area contributed by atoms with E-state index in [1.165, 1.54) is 11.0 Å². The maximum Gasteiger partial charge on any atom is 0.338 e. The normalized spacial score (nSPS) is 10.2. The van der Waals surface area contributed by atoms with Crippen LogP contribution in [0.5, 0.6) is 5.75 Å². The maximum absolute atomic E-state index is 12.0. The highest BCUT2D eigenvalue weighted by Crippen LogP contribution is 2.15. The van der Waals surface area contributed by atoms with Crippen LogP contribution in [0.25, 0.3) is 5.69 Å². The van der Waals surface area contributed by atoms with Gasteiger partial charge in [0.2, 0.25) is 0 Å². The van der Waals surface area contributed by atoms with Crippen LogP contribution in [0.15, 0.2) is 54.9 Å². The predicted octanol–water partition coefficient (Wildman–Crippen LogP) is 1.47. The van der Waals surface area contributed by atoms with Crippen molar-refractivity contribution in [1.82, 2.24) is 20.2 Å². The van der Waals surface area contributed by atoms with Gasteiger partial charge in [0.1, 0.15) is 12.1 Å². The van der Waals surface area contributed by atoms with Crippen LogP contribution in [0.1, 0.15) is 10.4 Å². The summed E-state index contributed by atoms with van der Waals surface area (Å²) in [6.45, 7) is -0.389. The lowest BCUT2D eigenvalue weighted by atomic mass is 10.2. The summed E-state index contributed by atoms with van der Waals surface area (Å²) >= 11 is 0. The standard InChI is InChI=1S/C17H15N5O4/c1-25-15-8-4-13(5-9-15)19-16(23)10-26-17(24)12-2-6-14(7-3-12)22-11-18-20-21-22/h2-9,11H,10H2,1H3,(H,19,23). The molecule has 3 aromatic rings. The van der Waals surface area contributed by atoms with E-state index in [1.54, 1.807) is 55.6 Å². The van der Waals surface area contributed by atoms with E-state index in [0.717, 1.165) is 0 Å². The number of tetrazole rings is 1. The Morgan fingerprint density at radius 2 is 1.81 bits per heavy atom. The van der Waals surface area contributed by atoms with Gasteiger partial charge in [0, 0.05) is 5.69 Å². The third-order valence-corrected chi connectivity index (χ3v) is 3.42. The Kier molecular flexibility index (Phi) is 5.18. The molecule has 9 heteroatoms. The molecular formula is C17H15N5O4. The van der Waals surface area contributed by atoms with Crippen LogP contribution in [0.2, 0.25) is 0 Å². The molecule has 2 aromatic carbocycles. The average molecular weight is 353 g/mol. The van der Waals surface area contributed by atoms with Crippen molar-refractivity contribution in [3.05, 3.63) is 60.4 Å². The van der Waals surface area contributed by atoms with Crippen LogP contribution in [-0.2, 0) is 9.53 Å². The minimum Gasteiger partial charge on any atom is -0.497 e. The number of hydrogen-bond acceptors (Lipinski definition) is 7. The van der Waals surface area contributed by atoms with Gasteiger partial charge in [-0.2, -0.15) is 0 Å². The number of nitrogens with one attached hydrogen (secondary N) is 1. The second-order valence-corrected chi connectivity index (χ2v) is 5.15. The van der Waals surface area contributed by atoms with E-state index in [2.05, 4.69) is 20.8 Å². The molecule has 3 rings (SSSR count). The molecule has 9 nitrogen and oxygen atoms in total. The highest BCUT2D eigenvalue weighted by Gasteiger charge is 2.11. The van der Waals surface area contributed by atoms with Crippen molar-refractivity contribution in [3.8, 4) is 11.4 Å². The minimum absolute atomic E-state index is 0.319. The SMILES string of the molecule is COc1ccc(NC(=O)COC(=O)c2ccc(-n3cnnn3)cc2)cc1. The number of esters is 1. The minimum atomic E-state index is -0.599. The number of ether oxygens (including phenoxy) is 2. The van der Waals surface area contributed by atoms with Crippen molar-refractivity contribution in [2.24, 2.45) is 0 Å². The molecule has 26 heavy (non-hydrogen) atoms. The summed E-state index contributed by atoms with van der Waals surface area (Å²) in [7, 11) is 1.56.